The molecule has 1 aromatic carbocycles. The third-order valence-electron chi connectivity index (χ3n) is 3.04. The van der Waals surface area contributed by atoms with Gasteiger partial charge < -0.3 is 11.1 Å². The van der Waals surface area contributed by atoms with Crippen LogP contribution in [0.25, 0.3) is 5.69 Å². The van der Waals surface area contributed by atoms with E-state index in [1.54, 1.807) is 4.68 Å². The van der Waals surface area contributed by atoms with E-state index in [0.717, 1.165) is 11.3 Å². The minimum atomic E-state index is 0.184. The van der Waals surface area contributed by atoms with Crippen molar-refractivity contribution in [2.75, 3.05) is 11.1 Å². The van der Waals surface area contributed by atoms with E-state index in [1.165, 1.54) is 5.56 Å². The van der Waals surface area contributed by atoms with Gasteiger partial charge in [-0.1, -0.05) is 17.7 Å². The van der Waals surface area contributed by atoms with E-state index in [2.05, 4.69) is 22.6 Å². The number of nitrogens with one attached hydrogen (secondary N) is 1. The van der Waals surface area contributed by atoms with Crippen LogP contribution in [0.2, 0.25) is 0 Å². The molecule has 5 heteroatoms. The van der Waals surface area contributed by atoms with E-state index in [0.29, 0.717) is 17.2 Å². The minimum Gasteiger partial charge on any atom is -0.382 e. The van der Waals surface area contributed by atoms with Crippen molar-refractivity contribution in [1.82, 2.24) is 9.78 Å². The van der Waals surface area contributed by atoms with Gasteiger partial charge in [-0.05, 0) is 39.3 Å². The van der Waals surface area contributed by atoms with E-state index in [9.17, 15) is 5.26 Å². The van der Waals surface area contributed by atoms with Gasteiger partial charge in [0.05, 0.1) is 5.69 Å². The monoisotopic (exact) mass is 269 g/mol. The number of aryl methyl sites for hydroxylation is 2. The second kappa shape index (κ2) is 5.25. The first-order valence-electron chi connectivity index (χ1n) is 6.56. The molecule has 0 spiro atoms. The molecule has 0 aliphatic rings. The van der Waals surface area contributed by atoms with Crippen molar-refractivity contribution in [3.05, 3.63) is 34.9 Å². The van der Waals surface area contributed by atoms with Crippen LogP contribution in [0, 0.1) is 25.2 Å². The highest BCUT2D eigenvalue weighted by molar-refractivity contribution is 5.66. The smallest absolute Gasteiger partial charge is 0.168 e. The third-order valence-corrected chi connectivity index (χ3v) is 3.04. The quantitative estimate of drug-likeness (QED) is 0.898. The Labute approximate surface area is 119 Å². The first kappa shape index (κ1) is 13.9. The number of nitrogens with zero attached hydrogens (tertiary/aromatic N) is 3. The van der Waals surface area contributed by atoms with Gasteiger partial charge >= 0.3 is 0 Å². The molecule has 0 unspecified atom stereocenters. The molecule has 3 N–H and O–H groups in total. The van der Waals surface area contributed by atoms with Crippen LogP contribution in [0.15, 0.2) is 18.2 Å². The van der Waals surface area contributed by atoms with Gasteiger partial charge in [0.15, 0.2) is 5.82 Å². The van der Waals surface area contributed by atoms with Gasteiger partial charge in [-0.3, -0.25) is 0 Å². The van der Waals surface area contributed by atoms with Crippen molar-refractivity contribution in [2.24, 2.45) is 0 Å². The third kappa shape index (κ3) is 2.45. The highest BCUT2D eigenvalue weighted by Gasteiger charge is 2.17. The molecule has 0 atom stereocenters. The fourth-order valence-electron chi connectivity index (χ4n) is 2.14. The normalized spacial score (nSPS) is 10.6. The number of aromatic nitrogens is 2. The maximum atomic E-state index is 9.26. The fraction of sp³-hybridized carbons (Fsp3) is 0.333. The van der Waals surface area contributed by atoms with Gasteiger partial charge in [0.2, 0.25) is 0 Å². The summed E-state index contributed by atoms with van der Waals surface area (Å²) in [5, 5.41) is 16.9. The second-order valence-corrected chi connectivity index (χ2v) is 5.22. The lowest BCUT2D eigenvalue weighted by atomic mass is 10.1. The summed E-state index contributed by atoms with van der Waals surface area (Å²) in [5.41, 5.74) is 9.59. The molecule has 0 aliphatic carbocycles. The number of benzene rings is 1. The molecule has 2 aromatic rings. The van der Waals surface area contributed by atoms with Crippen LogP contribution in [0.4, 0.5) is 11.6 Å². The summed E-state index contributed by atoms with van der Waals surface area (Å²) in [5.74, 6) is 0.891. The zero-order chi connectivity index (χ0) is 14.9. The molecule has 2 rings (SSSR count). The number of anilines is 2. The largest absolute Gasteiger partial charge is 0.382 e. The maximum Gasteiger partial charge on any atom is 0.168 e. The summed E-state index contributed by atoms with van der Waals surface area (Å²) in [7, 11) is 0. The Kier molecular flexibility index (Phi) is 3.66. The SMILES string of the molecule is Cc1ccc(-n2nc(NC(C)C)c(C#N)c2N)c(C)c1. The first-order chi connectivity index (χ1) is 9.43. The molecule has 104 valence electrons. The standard InChI is InChI=1S/C15H19N5/c1-9(2)18-15-12(8-16)14(17)20(19-15)13-6-5-10(3)7-11(13)4/h5-7,9H,17H2,1-4H3,(H,18,19). The topological polar surface area (TPSA) is 79.7 Å². The lowest BCUT2D eigenvalue weighted by Gasteiger charge is -2.08. The van der Waals surface area contributed by atoms with Gasteiger partial charge in [-0.15, -0.1) is 5.10 Å². The predicted molar refractivity (Wildman–Crippen MR) is 80.9 cm³/mol. The van der Waals surface area contributed by atoms with Crippen LogP contribution in [0.3, 0.4) is 0 Å². The Bertz CT molecular complexity index is 676. The zero-order valence-corrected chi connectivity index (χ0v) is 12.2. The number of nitrogens with two attached hydrogens (primary N) is 1. The number of nitriles is 1. The minimum absolute atomic E-state index is 0.184. The van der Waals surface area contributed by atoms with Crippen molar-refractivity contribution in [2.45, 2.75) is 33.7 Å². The van der Waals surface area contributed by atoms with Crippen molar-refractivity contribution < 1.29 is 0 Å². The van der Waals surface area contributed by atoms with Crippen molar-refractivity contribution in [3.8, 4) is 11.8 Å². The number of hydrogen-bond donors (Lipinski definition) is 2. The Hall–Kier alpha value is -2.48. The summed E-state index contributed by atoms with van der Waals surface area (Å²) in [6.45, 7) is 8.03. The average Bonchev–Trinajstić information content (AvgIpc) is 2.65. The highest BCUT2D eigenvalue weighted by Crippen LogP contribution is 2.26. The van der Waals surface area contributed by atoms with Crippen LogP contribution in [-0.4, -0.2) is 15.8 Å². The highest BCUT2D eigenvalue weighted by atomic mass is 15.4. The molecule has 0 saturated heterocycles. The van der Waals surface area contributed by atoms with E-state index >= 15 is 0 Å². The van der Waals surface area contributed by atoms with Gasteiger partial charge in [-0.25, -0.2) is 4.68 Å². The van der Waals surface area contributed by atoms with Crippen molar-refractivity contribution in [1.29, 1.82) is 5.26 Å². The van der Waals surface area contributed by atoms with Crippen LogP contribution in [-0.2, 0) is 0 Å². The van der Waals surface area contributed by atoms with Crippen LogP contribution >= 0.6 is 0 Å². The molecule has 0 saturated carbocycles. The molecule has 0 fully saturated rings. The molecule has 20 heavy (non-hydrogen) atoms. The Morgan fingerprint density at radius 3 is 2.60 bits per heavy atom. The van der Waals surface area contributed by atoms with Gasteiger partial charge in [-0.2, -0.15) is 5.26 Å². The summed E-state index contributed by atoms with van der Waals surface area (Å²) in [6, 6.07) is 8.34. The number of hydrogen-bond acceptors (Lipinski definition) is 4. The zero-order valence-electron chi connectivity index (χ0n) is 12.2. The molecule has 0 bridgehead atoms. The molecular weight excluding hydrogens is 250 g/mol. The van der Waals surface area contributed by atoms with Crippen LogP contribution < -0.4 is 11.1 Å². The Morgan fingerprint density at radius 1 is 1.35 bits per heavy atom. The molecule has 0 aliphatic heterocycles. The van der Waals surface area contributed by atoms with Crippen molar-refractivity contribution >= 4 is 11.6 Å². The fourth-order valence-corrected chi connectivity index (χ4v) is 2.14. The van der Waals surface area contributed by atoms with Gasteiger partial charge in [0.25, 0.3) is 0 Å². The summed E-state index contributed by atoms with van der Waals surface area (Å²) < 4.78 is 1.62. The number of rotatable bonds is 3. The summed E-state index contributed by atoms with van der Waals surface area (Å²) in [6.07, 6.45) is 0. The van der Waals surface area contributed by atoms with Crippen LogP contribution in [0.5, 0.6) is 0 Å². The molecule has 0 radical (unpaired) electrons. The summed E-state index contributed by atoms with van der Waals surface area (Å²) in [4.78, 5) is 0. The van der Waals surface area contributed by atoms with Gasteiger partial charge in [0, 0.05) is 6.04 Å². The van der Waals surface area contributed by atoms with E-state index in [-0.39, 0.29) is 6.04 Å². The molecule has 5 nitrogen and oxygen atoms in total. The lowest BCUT2D eigenvalue weighted by molar-refractivity contribution is 0.847. The van der Waals surface area contributed by atoms with E-state index in [1.807, 2.05) is 39.8 Å². The predicted octanol–water partition coefficient (Wildman–Crippen LogP) is 2.76. The molecule has 1 heterocycles. The van der Waals surface area contributed by atoms with E-state index in [4.69, 9.17) is 5.73 Å². The van der Waals surface area contributed by atoms with Crippen molar-refractivity contribution in [3.63, 3.8) is 0 Å². The number of nitrogen functional groups attached to an aromatic ring is 1. The van der Waals surface area contributed by atoms with Crippen LogP contribution in [0.1, 0.15) is 30.5 Å². The average molecular weight is 269 g/mol. The summed E-state index contributed by atoms with van der Waals surface area (Å²) >= 11 is 0. The maximum absolute atomic E-state index is 9.26. The first-order valence-corrected chi connectivity index (χ1v) is 6.56. The van der Waals surface area contributed by atoms with E-state index < -0.39 is 0 Å². The molecular formula is C15H19N5. The Balaban J connectivity index is 2.58. The lowest BCUT2D eigenvalue weighted by Crippen LogP contribution is -2.11. The molecule has 0 amide bonds. The Morgan fingerprint density at radius 2 is 2.05 bits per heavy atom. The second-order valence-electron chi connectivity index (χ2n) is 5.22. The molecule has 1 aromatic heterocycles. The van der Waals surface area contributed by atoms with Gasteiger partial charge in [0.1, 0.15) is 17.5 Å².